The van der Waals surface area contributed by atoms with Crippen LogP contribution in [0.25, 0.3) is 20.8 Å². The molecule has 0 saturated carbocycles. The Morgan fingerprint density at radius 3 is 2.61 bits per heavy atom. The molecule has 1 fully saturated rings. The number of benzene rings is 3. The van der Waals surface area contributed by atoms with Crippen LogP contribution in [0, 0.1) is 6.92 Å². The SMILES string of the molecule is CCC(C)N(C(=O)c1cccc(OC)c1)C1CC(=O)N(c2ccc(-c3nc4ccc(C)cc4s3)cc2)C1=O. The molecule has 3 aromatic carbocycles. The van der Waals surface area contributed by atoms with Gasteiger partial charge in [0.25, 0.3) is 11.8 Å². The largest absolute Gasteiger partial charge is 0.497 e. The first-order valence-electron chi connectivity index (χ1n) is 12.6. The minimum Gasteiger partial charge on any atom is -0.497 e. The quantitative estimate of drug-likeness (QED) is 0.282. The number of aromatic nitrogens is 1. The Balaban J connectivity index is 1.41. The zero-order valence-corrected chi connectivity index (χ0v) is 22.6. The van der Waals surface area contributed by atoms with Crippen LogP contribution in [0.3, 0.4) is 0 Å². The second kappa shape index (κ2) is 10.4. The van der Waals surface area contributed by atoms with Crippen LogP contribution in [0.5, 0.6) is 5.75 Å². The molecule has 5 rings (SSSR count). The van der Waals surface area contributed by atoms with Crippen LogP contribution < -0.4 is 9.64 Å². The molecule has 1 saturated heterocycles. The monoisotopic (exact) mass is 527 g/mol. The van der Waals surface area contributed by atoms with Crippen molar-refractivity contribution in [3.8, 4) is 16.3 Å². The number of thiazole rings is 1. The Bertz CT molecular complexity index is 1530. The summed E-state index contributed by atoms with van der Waals surface area (Å²) in [6.45, 7) is 5.90. The van der Waals surface area contributed by atoms with Gasteiger partial charge in [-0.25, -0.2) is 9.88 Å². The predicted molar refractivity (Wildman–Crippen MR) is 150 cm³/mol. The molecular weight excluding hydrogens is 498 g/mol. The number of carbonyl (C=O) groups is 3. The fourth-order valence-electron chi connectivity index (χ4n) is 4.76. The minimum atomic E-state index is -0.872. The van der Waals surface area contributed by atoms with Gasteiger partial charge in [-0.05, 0) is 80.4 Å². The van der Waals surface area contributed by atoms with Crippen molar-refractivity contribution in [2.24, 2.45) is 0 Å². The summed E-state index contributed by atoms with van der Waals surface area (Å²) >= 11 is 1.61. The molecule has 38 heavy (non-hydrogen) atoms. The van der Waals surface area contributed by atoms with Crippen molar-refractivity contribution in [3.63, 3.8) is 0 Å². The van der Waals surface area contributed by atoms with E-state index in [4.69, 9.17) is 9.72 Å². The number of rotatable bonds is 7. The lowest BCUT2D eigenvalue weighted by Crippen LogP contribution is -2.49. The van der Waals surface area contributed by atoms with Crippen molar-refractivity contribution in [1.82, 2.24) is 9.88 Å². The molecule has 3 amide bonds. The average molecular weight is 528 g/mol. The van der Waals surface area contributed by atoms with Gasteiger partial charge in [-0.2, -0.15) is 0 Å². The van der Waals surface area contributed by atoms with E-state index in [0.717, 1.165) is 20.8 Å². The molecule has 0 radical (unpaired) electrons. The normalized spacial score (nSPS) is 16.2. The fourth-order valence-corrected chi connectivity index (χ4v) is 5.83. The van der Waals surface area contributed by atoms with Gasteiger partial charge in [-0.15, -0.1) is 11.3 Å². The summed E-state index contributed by atoms with van der Waals surface area (Å²) in [6.07, 6.45) is 0.585. The Labute approximate surface area is 225 Å². The second-order valence-electron chi connectivity index (χ2n) is 9.53. The molecule has 7 nitrogen and oxygen atoms in total. The second-order valence-corrected chi connectivity index (χ2v) is 10.6. The lowest BCUT2D eigenvalue weighted by molar-refractivity contribution is -0.122. The van der Waals surface area contributed by atoms with Gasteiger partial charge in [-0.3, -0.25) is 14.4 Å². The van der Waals surface area contributed by atoms with Crippen LogP contribution in [-0.4, -0.2) is 46.8 Å². The Kier molecular flexibility index (Phi) is 6.99. The van der Waals surface area contributed by atoms with Gasteiger partial charge in [0.2, 0.25) is 5.91 Å². The molecule has 1 aliphatic rings. The highest BCUT2D eigenvalue weighted by atomic mass is 32.1. The number of nitrogens with zero attached hydrogens (tertiary/aromatic N) is 3. The molecule has 2 heterocycles. The van der Waals surface area contributed by atoms with Crippen LogP contribution in [0.1, 0.15) is 42.6 Å². The first-order valence-corrected chi connectivity index (χ1v) is 13.4. The predicted octanol–water partition coefficient (Wildman–Crippen LogP) is 5.85. The summed E-state index contributed by atoms with van der Waals surface area (Å²) in [4.78, 5) is 47.8. The number of imide groups is 1. The topological polar surface area (TPSA) is 79.8 Å². The molecule has 2 unspecified atom stereocenters. The number of ether oxygens (including phenoxy) is 1. The molecule has 8 heteroatoms. The van der Waals surface area contributed by atoms with Crippen molar-refractivity contribution < 1.29 is 19.1 Å². The van der Waals surface area contributed by atoms with Crippen molar-refractivity contribution in [1.29, 1.82) is 0 Å². The van der Waals surface area contributed by atoms with E-state index in [2.05, 4.69) is 13.0 Å². The number of fused-ring (bicyclic) bond motifs is 1. The van der Waals surface area contributed by atoms with E-state index in [1.54, 1.807) is 52.6 Å². The van der Waals surface area contributed by atoms with E-state index in [9.17, 15) is 14.4 Å². The zero-order valence-electron chi connectivity index (χ0n) is 21.8. The highest BCUT2D eigenvalue weighted by Gasteiger charge is 2.45. The Morgan fingerprint density at radius 2 is 1.89 bits per heavy atom. The van der Waals surface area contributed by atoms with Crippen LogP contribution in [0.15, 0.2) is 66.7 Å². The minimum absolute atomic E-state index is 0.0577. The smallest absolute Gasteiger partial charge is 0.257 e. The average Bonchev–Trinajstić information content (AvgIpc) is 3.48. The number of carbonyl (C=O) groups excluding carboxylic acids is 3. The molecule has 0 spiro atoms. The van der Waals surface area contributed by atoms with E-state index in [-0.39, 0.29) is 24.3 Å². The maximum atomic E-state index is 13.6. The highest BCUT2D eigenvalue weighted by molar-refractivity contribution is 7.21. The lowest BCUT2D eigenvalue weighted by atomic mass is 10.1. The molecule has 194 valence electrons. The molecule has 1 aromatic heterocycles. The Hall–Kier alpha value is -4.04. The Morgan fingerprint density at radius 1 is 1.13 bits per heavy atom. The standard InChI is InChI=1S/C30H29N3O4S/c1-5-19(3)32(29(35)21-7-6-8-23(16-21)37-4)25-17-27(34)33(30(25)36)22-12-10-20(11-13-22)28-31-24-14-9-18(2)15-26(24)38-28/h6-16,19,25H,5,17H2,1-4H3. The maximum Gasteiger partial charge on any atom is 0.257 e. The van der Waals surface area contributed by atoms with Crippen molar-refractivity contribution in [2.75, 3.05) is 12.0 Å². The molecule has 2 atom stereocenters. The first kappa shape index (κ1) is 25.6. The molecule has 1 aliphatic heterocycles. The third-order valence-corrected chi connectivity index (χ3v) is 8.06. The third-order valence-electron chi connectivity index (χ3n) is 6.99. The number of amides is 3. The summed E-state index contributed by atoms with van der Waals surface area (Å²) < 4.78 is 6.38. The highest BCUT2D eigenvalue weighted by Crippen LogP contribution is 2.34. The van der Waals surface area contributed by atoms with Gasteiger partial charge >= 0.3 is 0 Å². The van der Waals surface area contributed by atoms with Crippen LogP contribution in [0.2, 0.25) is 0 Å². The lowest BCUT2D eigenvalue weighted by Gasteiger charge is -2.33. The van der Waals surface area contributed by atoms with E-state index < -0.39 is 11.9 Å². The van der Waals surface area contributed by atoms with Gasteiger partial charge in [0, 0.05) is 17.2 Å². The van der Waals surface area contributed by atoms with Gasteiger partial charge in [0.05, 0.1) is 29.4 Å². The van der Waals surface area contributed by atoms with Gasteiger partial charge in [0.1, 0.15) is 16.8 Å². The van der Waals surface area contributed by atoms with Crippen LogP contribution >= 0.6 is 11.3 Å². The van der Waals surface area contributed by atoms with Crippen LogP contribution in [0.4, 0.5) is 5.69 Å². The fraction of sp³-hybridized carbons (Fsp3) is 0.267. The van der Waals surface area contributed by atoms with Crippen LogP contribution in [-0.2, 0) is 9.59 Å². The van der Waals surface area contributed by atoms with Gasteiger partial charge in [0.15, 0.2) is 0 Å². The summed E-state index contributed by atoms with van der Waals surface area (Å²) in [7, 11) is 1.54. The number of hydrogen-bond donors (Lipinski definition) is 0. The molecule has 0 aliphatic carbocycles. The summed E-state index contributed by atoms with van der Waals surface area (Å²) in [5.74, 6) is -0.462. The zero-order chi connectivity index (χ0) is 27.0. The molecule has 0 bridgehead atoms. The molecule has 0 N–H and O–H groups in total. The number of aryl methyl sites for hydroxylation is 1. The van der Waals surface area contributed by atoms with Crippen molar-refractivity contribution in [3.05, 3.63) is 77.9 Å². The molecular formula is C30H29N3O4S. The van der Waals surface area contributed by atoms with E-state index in [0.29, 0.717) is 23.4 Å². The van der Waals surface area contributed by atoms with E-state index in [1.807, 2.05) is 38.1 Å². The summed E-state index contributed by atoms with van der Waals surface area (Å²) in [6, 6.07) is 19.2. The number of methoxy groups -OCH3 is 1. The first-order chi connectivity index (χ1) is 18.3. The summed E-state index contributed by atoms with van der Waals surface area (Å²) in [5, 5.41) is 0.876. The van der Waals surface area contributed by atoms with Gasteiger partial charge < -0.3 is 9.64 Å². The van der Waals surface area contributed by atoms with Gasteiger partial charge in [-0.1, -0.05) is 19.1 Å². The number of hydrogen-bond acceptors (Lipinski definition) is 6. The summed E-state index contributed by atoms with van der Waals surface area (Å²) in [5.41, 5.74) is 3.94. The van der Waals surface area contributed by atoms with E-state index in [1.165, 1.54) is 17.6 Å². The number of anilines is 1. The van der Waals surface area contributed by atoms with Crippen molar-refractivity contribution in [2.45, 2.75) is 45.7 Å². The third kappa shape index (κ3) is 4.67. The molecule has 4 aromatic rings. The van der Waals surface area contributed by atoms with Crippen molar-refractivity contribution >= 4 is 45.0 Å². The maximum absolute atomic E-state index is 13.6. The van der Waals surface area contributed by atoms with E-state index >= 15 is 0 Å².